The van der Waals surface area contributed by atoms with Crippen LogP contribution >= 0.6 is 0 Å². The van der Waals surface area contributed by atoms with E-state index in [1.165, 1.54) is 5.56 Å². The molecule has 1 aliphatic heterocycles. The molecule has 0 atom stereocenters. The van der Waals surface area contributed by atoms with E-state index in [2.05, 4.69) is 20.3 Å². The van der Waals surface area contributed by atoms with Gasteiger partial charge >= 0.3 is 0 Å². The summed E-state index contributed by atoms with van der Waals surface area (Å²) in [5, 5.41) is 6.95. The highest BCUT2D eigenvalue weighted by molar-refractivity contribution is 5.93. The van der Waals surface area contributed by atoms with Crippen molar-refractivity contribution in [2.75, 3.05) is 45.2 Å². The highest BCUT2D eigenvalue weighted by Gasteiger charge is 2.21. The Balaban J connectivity index is 1.47. The Hall–Kier alpha value is -2.38. The predicted molar refractivity (Wildman–Crippen MR) is 99.3 cm³/mol. The van der Waals surface area contributed by atoms with Gasteiger partial charge in [-0.3, -0.25) is 14.6 Å². The number of aryl methyl sites for hydroxylation is 2. The van der Waals surface area contributed by atoms with E-state index in [1.807, 2.05) is 38.1 Å². The zero-order valence-electron chi connectivity index (χ0n) is 15.6. The van der Waals surface area contributed by atoms with Gasteiger partial charge in [0.2, 0.25) is 5.91 Å². The van der Waals surface area contributed by atoms with Crippen molar-refractivity contribution in [1.82, 2.24) is 15.0 Å². The summed E-state index contributed by atoms with van der Waals surface area (Å²) in [6, 6.07) is 7.44. The first-order valence-electron chi connectivity index (χ1n) is 8.86. The fourth-order valence-corrected chi connectivity index (χ4v) is 3.20. The van der Waals surface area contributed by atoms with E-state index in [1.54, 1.807) is 7.11 Å². The van der Waals surface area contributed by atoms with Gasteiger partial charge in [-0.25, -0.2) is 0 Å². The van der Waals surface area contributed by atoms with Crippen molar-refractivity contribution in [3.05, 3.63) is 41.3 Å². The van der Waals surface area contributed by atoms with E-state index in [0.29, 0.717) is 18.0 Å². The summed E-state index contributed by atoms with van der Waals surface area (Å²) in [6.45, 7) is 8.74. The number of anilines is 1. The molecule has 140 valence electrons. The van der Waals surface area contributed by atoms with Gasteiger partial charge in [0.05, 0.1) is 25.0 Å². The summed E-state index contributed by atoms with van der Waals surface area (Å²) in [5.74, 6) is 1.54. The predicted octanol–water partition coefficient (Wildman–Crippen LogP) is 2.06. The lowest BCUT2D eigenvalue weighted by molar-refractivity contribution is -0.117. The number of nitrogens with zero attached hydrogens (tertiary/aromatic N) is 3. The fourth-order valence-electron chi connectivity index (χ4n) is 3.20. The van der Waals surface area contributed by atoms with Crippen LogP contribution in [0, 0.1) is 13.8 Å². The number of nitrogens with one attached hydrogen (secondary N) is 1. The van der Waals surface area contributed by atoms with Crippen LogP contribution in [0.3, 0.4) is 0 Å². The second-order valence-electron chi connectivity index (χ2n) is 6.60. The van der Waals surface area contributed by atoms with Gasteiger partial charge in [0.15, 0.2) is 0 Å². The lowest BCUT2D eigenvalue weighted by Crippen LogP contribution is -2.48. The third-order valence-electron chi connectivity index (χ3n) is 4.78. The number of aromatic nitrogens is 1. The molecule has 0 unspecified atom stereocenters. The average Bonchev–Trinajstić information content (AvgIpc) is 2.95. The Morgan fingerprint density at radius 1 is 1.19 bits per heavy atom. The summed E-state index contributed by atoms with van der Waals surface area (Å²) >= 11 is 0. The number of carbonyl (C=O) groups excluding carboxylic acids is 1. The Bertz CT molecular complexity index is 731. The second kappa shape index (κ2) is 8.33. The van der Waals surface area contributed by atoms with Crippen LogP contribution in [0.25, 0.3) is 0 Å². The highest BCUT2D eigenvalue weighted by atomic mass is 16.5. The zero-order chi connectivity index (χ0) is 18.5. The molecular formula is C19H26N4O3. The number of para-hydroxylation sites is 2. The van der Waals surface area contributed by atoms with Crippen molar-refractivity contribution in [3.8, 4) is 5.75 Å². The smallest absolute Gasteiger partial charge is 0.238 e. The van der Waals surface area contributed by atoms with E-state index in [9.17, 15) is 4.79 Å². The first-order chi connectivity index (χ1) is 12.6. The van der Waals surface area contributed by atoms with Crippen LogP contribution in [-0.4, -0.2) is 60.7 Å². The standard InChI is InChI=1S/C19H26N4O3/c1-14-16(15(2)26-21-14)12-22-8-10-23(11-9-22)13-19(24)20-17-6-4-5-7-18(17)25-3/h4-7H,8-13H2,1-3H3,(H,20,24). The first-order valence-corrected chi connectivity index (χ1v) is 8.86. The Morgan fingerprint density at radius 3 is 2.54 bits per heavy atom. The lowest BCUT2D eigenvalue weighted by Gasteiger charge is -2.34. The lowest BCUT2D eigenvalue weighted by atomic mass is 10.2. The number of methoxy groups -OCH3 is 1. The molecule has 0 radical (unpaired) electrons. The molecule has 7 heteroatoms. The van der Waals surface area contributed by atoms with Gasteiger partial charge in [0.1, 0.15) is 11.5 Å². The topological polar surface area (TPSA) is 70.8 Å². The van der Waals surface area contributed by atoms with Crippen LogP contribution in [0.2, 0.25) is 0 Å². The summed E-state index contributed by atoms with van der Waals surface area (Å²) in [6.07, 6.45) is 0. The molecule has 7 nitrogen and oxygen atoms in total. The van der Waals surface area contributed by atoms with Crippen LogP contribution in [0.1, 0.15) is 17.0 Å². The fraction of sp³-hybridized carbons (Fsp3) is 0.474. The molecule has 1 saturated heterocycles. The Morgan fingerprint density at radius 2 is 1.88 bits per heavy atom. The van der Waals surface area contributed by atoms with Crippen LogP contribution in [0.15, 0.2) is 28.8 Å². The van der Waals surface area contributed by atoms with E-state index in [-0.39, 0.29) is 5.91 Å². The summed E-state index contributed by atoms with van der Waals surface area (Å²) in [7, 11) is 1.60. The molecule has 0 bridgehead atoms. The van der Waals surface area contributed by atoms with Gasteiger partial charge in [-0.05, 0) is 26.0 Å². The second-order valence-corrected chi connectivity index (χ2v) is 6.60. The third-order valence-corrected chi connectivity index (χ3v) is 4.78. The number of hydrogen-bond donors (Lipinski definition) is 1. The van der Waals surface area contributed by atoms with Crippen LogP contribution in [-0.2, 0) is 11.3 Å². The van der Waals surface area contributed by atoms with Crippen LogP contribution < -0.4 is 10.1 Å². The van der Waals surface area contributed by atoms with E-state index in [0.717, 1.165) is 44.2 Å². The zero-order valence-corrected chi connectivity index (χ0v) is 15.6. The highest BCUT2D eigenvalue weighted by Crippen LogP contribution is 2.23. The molecule has 1 N–H and O–H groups in total. The number of piperazine rings is 1. The minimum atomic E-state index is -0.0197. The number of hydrogen-bond acceptors (Lipinski definition) is 6. The van der Waals surface area contributed by atoms with Gasteiger partial charge in [-0.2, -0.15) is 0 Å². The number of benzene rings is 1. The quantitative estimate of drug-likeness (QED) is 0.852. The molecule has 1 fully saturated rings. The number of ether oxygens (including phenoxy) is 1. The van der Waals surface area contributed by atoms with Crippen molar-refractivity contribution in [3.63, 3.8) is 0 Å². The molecule has 1 amide bonds. The van der Waals surface area contributed by atoms with Crippen molar-refractivity contribution < 1.29 is 14.1 Å². The van der Waals surface area contributed by atoms with Crippen molar-refractivity contribution >= 4 is 11.6 Å². The molecule has 2 heterocycles. The third kappa shape index (κ3) is 4.42. The number of rotatable bonds is 6. The van der Waals surface area contributed by atoms with Gasteiger partial charge in [0, 0.05) is 38.3 Å². The molecule has 0 spiro atoms. The Labute approximate surface area is 153 Å². The number of amides is 1. The van der Waals surface area contributed by atoms with Gasteiger partial charge in [-0.15, -0.1) is 0 Å². The Kier molecular flexibility index (Phi) is 5.90. The maximum atomic E-state index is 12.3. The molecule has 2 aromatic rings. The molecule has 1 aromatic carbocycles. The van der Waals surface area contributed by atoms with Crippen molar-refractivity contribution in [1.29, 1.82) is 0 Å². The average molecular weight is 358 g/mol. The van der Waals surface area contributed by atoms with Crippen molar-refractivity contribution in [2.24, 2.45) is 0 Å². The molecule has 1 aliphatic rings. The normalized spacial score (nSPS) is 15.8. The SMILES string of the molecule is COc1ccccc1NC(=O)CN1CCN(Cc2c(C)noc2C)CC1. The number of carbonyl (C=O) groups is 1. The minimum Gasteiger partial charge on any atom is -0.495 e. The maximum Gasteiger partial charge on any atom is 0.238 e. The summed E-state index contributed by atoms with van der Waals surface area (Å²) in [4.78, 5) is 16.9. The van der Waals surface area contributed by atoms with E-state index >= 15 is 0 Å². The molecule has 0 saturated carbocycles. The molecule has 3 rings (SSSR count). The maximum absolute atomic E-state index is 12.3. The van der Waals surface area contributed by atoms with Gasteiger partial charge in [-0.1, -0.05) is 17.3 Å². The molecular weight excluding hydrogens is 332 g/mol. The molecule has 1 aromatic heterocycles. The molecule has 0 aliphatic carbocycles. The van der Waals surface area contributed by atoms with Crippen molar-refractivity contribution in [2.45, 2.75) is 20.4 Å². The summed E-state index contributed by atoms with van der Waals surface area (Å²) in [5.41, 5.74) is 2.84. The summed E-state index contributed by atoms with van der Waals surface area (Å²) < 4.78 is 10.5. The molecule has 26 heavy (non-hydrogen) atoms. The minimum absolute atomic E-state index is 0.0197. The van der Waals surface area contributed by atoms with Crippen LogP contribution in [0.4, 0.5) is 5.69 Å². The van der Waals surface area contributed by atoms with Gasteiger partial charge < -0.3 is 14.6 Å². The van der Waals surface area contributed by atoms with E-state index < -0.39 is 0 Å². The first kappa shape index (κ1) is 18.4. The van der Waals surface area contributed by atoms with Crippen LogP contribution in [0.5, 0.6) is 5.75 Å². The monoisotopic (exact) mass is 358 g/mol. The van der Waals surface area contributed by atoms with E-state index in [4.69, 9.17) is 9.26 Å². The van der Waals surface area contributed by atoms with Gasteiger partial charge in [0.25, 0.3) is 0 Å². The largest absolute Gasteiger partial charge is 0.495 e.